The van der Waals surface area contributed by atoms with Crippen LogP contribution in [0.2, 0.25) is 0 Å². The van der Waals surface area contributed by atoms with Gasteiger partial charge in [-0.3, -0.25) is 0 Å². The molecule has 2 heteroatoms. The highest BCUT2D eigenvalue weighted by molar-refractivity contribution is 6.26. The van der Waals surface area contributed by atoms with Gasteiger partial charge in [0.25, 0.3) is 0 Å². The molecule has 0 aliphatic carbocycles. The van der Waals surface area contributed by atoms with Gasteiger partial charge in [-0.1, -0.05) is 182 Å². The van der Waals surface area contributed by atoms with Crippen molar-refractivity contribution in [2.75, 3.05) is 4.90 Å². The first kappa shape index (κ1) is 34.1. The molecule has 0 saturated heterocycles. The number of rotatable bonds is 6. The number of nitrogens with zero attached hydrogens (tertiary/aromatic N) is 2. The molecular formula is C58H38N2. The summed E-state index contributed by atoms with van der Waals surface area (Å²) in [6.45, 7) is 0. The highest BCUT2D eigenvalue weighted by Crippen LogP contribution is 2.45. The Morgan fingerprint density at radius 3 is 1.38 bits per heavy atom. The molecule has 12 rings (SSSR count). The van der Waals surface area contributed by atoms with Crippen molar-refractivity contribution in [3.8, 4) is 27.9 Å². The Balaban J connectivity index is 1.03. The van der Waals surface area contributed by atoms with Crippen molar-refractivity contribution >= 4 is 82.0 Å². The Kier molecular flexibility index (Phi) is 7.89. The Morgan fingerprint density at radius 2 is 0.733 bits per heavy atom. The lowest BCUT2D eigenvalue weighted by Gasteiger charge is -2.28. The maximum atomic E-state index is 2.43. The summed E-state index contributed by atoms with van der Waals surface area (Å²) in [4.78, 5) is 2.43. The van der Waals surface area contributed by atoms with Gasteiger partial charge in [-0.15, -0.1) is 0 Å². The minimum atomic E-state index is 1.10. The average molecular weight is 763 g/mol. The average Bonchev–Trinajstić information content (AvgIpc) is 3.66. The highest BCUT2D eigenvalue weighted by Gasteiger charge is 2.20. The van der Waals surface area contributed by atoms with Gasteiger partial charge < -0.3 is 9.47 Å². The van der Waals surface area contributed by atoms with Crippen molar-refractivity contribution in [2.45, 2.75) is 0 Å². The van der Waals surface area contributed by atoms with E-state index in [1.165, 1.54) is 92.8 Å². The molecule has 0 aliphatic heterocycles. The Labute approximate surface area is 348 Å². The van der Waals surface area contributed by atoms with E-state index in [1.807, 2.05) is 0 Å². The zero-order valence-electron chi connectivity index (χ0n) is 32.8. The molecule has 0 spiro atoms. The van der Waals surface area contributed by atoms with Crippen molar-refractivity contribution in [2.24, 2.45) is 0 Å². The van der Waals surface area contributed by atoms with E-state index in [9.17, 15) is 0 Å². The standard InChI is InChI=1S/C58H38N2/c1-2-16-39(17-3-1)44-18-10-13-27-55(44)59(42-34-35-50-48-22-5-4-20-46(48)47-21-6-7-23-49(47)54(50)38-42)41-32-30-40(31-33-41)43-36-37-58(51-24-9-8-19-45(43)51)60-56-28-14-11-25-52(56)53-26-12-15-29-57(53)60/h1-38H. The van der Waals surface area contributed by atoms with E-state index in [0.717, 1.165) is 17.1 Å². The van der Waals surface area contributed by atoms with Crippen molar-refractivity contribution < 1.29 is 0 Å². The number of anilines is 3. The number of fused-ring (bicyclic) bond motifs is 10. The number of benzene rings is 11. The molecule has 60 heavy (non-hydrogen) atoms. The summed E-state index contributed by atoms with van der Waals surface area (Å²) in [6.07, 6.45) is 0. The van der Waals surface area contributed by atoms with Crippen LogP contribution in [0.4, 0.5) is 17.1 Å². The summed E-state index contributed by atoms with van der Waals surface area (Å²) in [5.74, 6) is 0. The predicted octanol–water partition coefficient (Wildman–Crippen LogP) is 16.2. The number of hydrogen-bond donors (Lipinski definition) is 0. The largest absolute Gasteiger partial charge is 0.310 e. The first-order chi connectivity index (χ1) is 29.8. The monoisotopic (exact) mass is 762 g/mol. The second kappa shape index (κ2) is 13.9. The van der Waals surface area contributed by atoms with Gasteiger partial charge in [-0.2, -0.15) is 0 Å². The second-order valence-corrected chi connectivity index (χ2v) is 15.6. The fourth-order valence-electron chi connectivity index (χ4n) is 9.69. The normalized spacial score (nSPS) is 11.7. The van der Waals surface area contributed by atoms with E-state index in [4.69, 9.17) is 0 Å². The van der Waals surface area contributed by atoms with Gasteiger partial charge in [0.1, 0.15) is 0 Å². The van der Waals surface area contributed by atoms with Crippen molar-refractivity contribution in [1.29, 1.82) is 0 Å². The van der Waals surface area contributed by atoms with Crippen molar-refractivity contribution in [1.82, 2.24) is 4.57 Å². The van der Waals surface area contributed by atoms with Crippen LogP contribution in [0.15, 0.2) is 231 Å². The van der Waals surface area contributed by atoms with E-state index in [1.54, 1.807) is 0 Å². The molecule has 280 valence electrons. The van der Waals surface area contributed by atoms with Gasteiger partial charge >= 0.3 is 0 Å². The summed E-state index contributed by atoms with van der Waals surface area (Å²) in [5, 5.41) is 12.6. The quantitative estimate of drug-likeness (QED) is 0.153. The molecule has 0 fully saturated rings. The molecule has 0 atom stereocenters. The minimum absolute atomic E-state index is 1.10. The van der Waals surface area contributed by atoms with Crippen LogP contribution in [0.3, 0.4) is 0 Å². The first-order valence-electron chi connectivity index (χ1n) is 20.7. The van der Waals surface area contributed by atoms with Gasteiger partial charge in [-0.25, -0.2) is 0 Å². The second-order valence-electron chi connectivity index (χ2n) is 15.6. The summed E-state index contributed by atoms with van der Waals surface area (Å²) in [6, 6.07) is 84.2. The fraction of sp³-hybridized carbons (Fsp3) is 0. The zero-order valence-corrected chi connectivity index (χ0v) is 32.8. The zero-order chi connectivity index (χ0) is 39.6. The Hall–Kier alpha value is -7.94. The molecule has 1 heterocycles. The lowest BCUT2D eigenvalue weighted by Crippen LogP contribution is -2.11. The molecule has 1 aromatic heterocycles. The molecule has 0 bridgehead atoms. The molecule has 2 nitrogen and oxygen atoms in total. The maximum Gasteiger partial charge on any atom is 0.0541 e. The van der Waals surface area contributed by atoms with E-state index >= 15 is 0 Å². The van der Waals surface area contributed by atoms with Crippen LogP contribution in [-0.4, -0.2) is 4.57 Å². The molecule has 0 N–H and O–H groups in total. The molecule has 0 saturated carbocycles. The summed E-state index contributed by atoms with van der Waals surface area (Å²) < 4.78 is 2.43. The van der Waals surface area contributed by atoms with Crippen LogP contribution < -0.4 is 4.90 Å². The first-order valence-corrected chi connectivity index (χ1v) is 20.7. The maximum absolute atomic E-state index is 2.43. The summed E-state index contributed by atoms with van der Waals surface area (Å²) in [5.41, 5.74) is 11.7. The van der Waals surface area contributed by atoms with Gasteiger partial charge in [0.15, 0.2) is 0 Å². The number of aromatic nitrogens is 1. The SMILES string of the molecule is c1ccc(-c2ccccc2N(c2ccc(-c3ccc(-n4c5ccccc5c5ccccc54)c4ccccc34)cc2)c2ccc3c4ccccc4c4ccccc4c3c2)cc1. The topological polar surface area (TPSA) is 8.17 Å². The molecule has 0 radical (unpaired) electrons. The lowest BCUT2D eigenvalue weighted by atomic mass is 9.93. The molecule has 12 aromatic rings. The fourth-order valence-corrected chi connectivity index (χ4v) is 9.69. The predicted molar refractivity (Wildman–Crippen MR) is 256 cm³/mol. The van der Waals surface area contributed by atoms with Crippen LogP contribution in [0, 0.1) is 0 Å². The van der Waals surface area contributed by atoms with Crippen LogP contribution >= 0.6 is 0 Å². The lowest BCUT2D eigenvalue weighted by molar-refractivity contribution is 1.20. The Morgan fingerprint density at radius 1 is 0.267 bits per heavy atom. The van der Waals surface area contributed by atoms with E-state index in [0.29, 0.717) is 0 Å². The van der Waals surface area contributed by atoms with Gasteiger partial charge in [0, 0.05) is 33.1 Å². The molecule has 11 aromatic carbocycles. The third-order valence-corrected chi connectivity index (χ3v) is 12.4. The smallest absolute Gasteiger partial charge is 0.0541 e. The Bertz CT molecular complexity index is 3510. The highest BCUT2D eigenvalue weighted by atomic mass is 15.1. The molecular weight excluding hydrogens is 725 g/mol. The number of hydrogen-bond acceptors (Lipinski definition) is 1. The van der Waals surface area contributed by atoms with Crippen LogP contribution in [0.1, 0.15) is 0 Å². The van der Waals surface area contributed by atoms with E-state index < -0.39 is 0 Å². The van der Waals surface area contributed by atoms with Gasteiger partial charge in [-0.05, 0) is 103 Å². The van der Waals surface area contributed by atoms with Crippen LogP contribution in [-0.2, 0) is 0 Å². The molecule has 0 unspecified atom stereocenters. The van der Waals surface area contributed by atoms with Crippen molar-refractivity contribution in [3.05, 3.63) is 231 Å². The minimum Gasteiger partial charge on any atom is -0.310 e. The summed E-state index contributed by atoms with van der Waals surface area (Å²) in [7, 11) is 0. The molecule has 0 amide bonds. The van der Waals surface area contributed by atoms with Crippen molar-refractivity contribution in [3.63, 3.8) is 0 Å². The molecule has 0 aliphatic rings. The van der Waals surface area contributed by atoms with Crippen LogP contribution in [0.25, 0.3) is 92.8 Å². The van der Waals surface area contributed by atoms with E-state index in [-0.39, 0.29) is 0 Å². The third kappa shape index (κ3) is 5.35. The van der Waals surface area contributed by atoms with Gasteiger partial charge in [0.05, 0.1) is 22.4 Å². The van der Waals surface area contributed by atoms with Gasteiger partial charge in [0.2, 0.25) is 0 Å². The van der Waals surface area contributed by atoms with Crippen LogP contribution in [0.5, 0.6) is 0 Å². The van der Waals surface area contributed by atoms with E-state index in [2.05, 4.69) is 240 Å². The summed E-state index contributed by atoms with van der Waals surface area (Å²) >= 11 is 0. The number of para-hydroxylation sites is 3. The third-order valence-electron chi connectivity index (χ3n) is 12.4.